The molecule has 0 amide bonds. The van der Waals surface area contributed by atoms with Gasteiger partial charge in [0.15, 0.2) is 0 Å². The number of thioether (sulfide) groups is 1. The Morgan fingerprint density at radius 1 is 1.00 bits per heavy atom. The molecule has 4 nitrogen and oxygen atoms in total. The summed E-state index contributed by atoms with van der Waals surface area (Å²) in [5, 5.41) is 12.4. The summed E-state index contributed by atoms with van der Waals surface area (Å²) >= 11 is 1.85. The number of hydrogen-bond donors (Lipinski definition) is 1. The third-order valence-corrected chi connectivity index (χ3v) is 7.75. The monoisotopic (exact) mass is 646 g/mol. The van der Waals surface area contributed by atoms with Gasteiger partial charge >= 0.3 is 0 Å². The quantitative estimate of drug-likeness (QED) is 0.249. The smallest absolute Gasteiger partial charge is 0.217 e. The minimum atomic E-state index is 0. The van der Waals surface area contributed by atoms with Crippen molar-refractivity contribution in [2.24, 2.45) is 4.99 Å². The third-order valence-electron chi connectivity index (χ3n) is 6.48. The molecule has 2 atom stereocenters. The largest absolute Gasteiger partial charge is 0.506 e. The van der Waals surface area contributed by atoms with E-state index in [-0.39, 0.29) is 38.3 Å². The van der Waals surface area contributed by atoms with Gasteiger partial charge < -0.3 is 14.8 Å². The van der Waals surface area contributed by atoms with Crippen LogP contribution in [0.5, 0.6) is 17.4 Å². The van der Waals surface area contributed by atoms with Crippen LogP contribution >= 0.6 is 11.8 Å². The molecule has 0 saturated carbocycles. The van der Waals surface area contributed by atoms with E-state index in [0.717, 1.165) is 22.4 Å². The van der Waals surface area contributed by atoms with E-state index in [0.29, 0.717) is 22.4 Å². The molecule has 1 N–H and O–H groups in total. The number of rotatable bonds is 3. The van der Waals surface area contributed by atoms with E-state index >= 15 is 0 Å². The third kappa shape index (κ3) is 4.06. The summed E-state index contributed by atoms with van der Waals surface area (Å²) in [6, 6.07) is 27.2. The molecule has 0 spiro atoms. The van der Waals surface area contributed by atoms with Crippen LogP contribution in [-0.2, 0) is 26.5 Å². The summed E-state index contributed by atoms with van der Waals surface area (Å²) in [6.45, 7) is 4.66. The van der Waals surface area contributed by atoms with Gasteiger partial charge in [-0.15, -0.1) is 23.8 Å². The van der Waals surface area contributed by atoms with Gasteiger partial charge in [0, 0.05) is 48.6 Å². The van der Waals surface area contributed by atoms with Gasteiger partial charge in [0.25, 0.3) is 0 Å². The van der Waals surface area contributed by atoms with E-state index in [1.165, 1.54) is 11.1 Å². The van der Waals surface area contributed by atoms with Crippen molar-refractivity contribution in [3.05, 3.63) is 95.6 Å². The van der Waals surface area contributed by atoms with Crippen LogP contribution in [0.2, 0.25) is 0 Å². The van der Waals surface area contributed by atoms with Crippen molar-refractivity contribution in [2.75, 3.05) is 0 Å². The first-order valence-corrected chi connectivity index (χ1v) is 12.0. The fourth-order valence-corrected chi connectivity index (χ4v) is 6.45. The van der Waals surface area contributed by atoms with Crippen LogP contribution in [0.15, 0.2) is 77.8 Å². The summed E-state index contributed by atoms with van der Waals surface area (Å²) < 4.78 is 6.01. The Hall–Kier alpha value is -2.62. The van der Waals surface area contributed by atoms with Crippen LogP contribution in [0, 0.1) is 6.07 Å². The number of ether oxygens (including phenoxy) is 1. The standard InChI is InChI=1S/C28H23N2O2S.Pt/c1-28(2)16-23-26(20-10-3-4-11-21(20)28)30-27(33-23)18-8-5-9-19(15-18)32-24-14-13-17-7-6-12-22(31)25(17)29-24;/h3-14,23,26,31H,16H2,1-2H3;/q-1;/t23-,26-;/m0./s1. The van der Waals surface area contributed by atoms with Crippen LogP contribution in [0.4, 0.5) is 0 Å². The Bertz CT molecular complexity index is 1420. The first kappa shape index (κ1) is 23.1. The van der Waals surface area contributed by atoms with Crippen molar-refractivity contribution in [1.82, 2.24) is 4.98 Å². The van der Waals surface area contributed by atoms with E-state index in [2.05, 4.69) is 49.2 Å². The Balaban J connectivity index is 0.00000241. The molecule has 0 saturated heterocycles. The number of phenols is 1. The Morgan fingerprint density at radius 3 is 2.71 bits per heavy atom. The normalized spacial score (nSPS) is 20.1. The first-order chi connectivity index (χ1) is 16.0. The number of hydrogen-bond acceptors (Lipinski definition) is 5. The molecular weight excluding hydrogens is 623 g/mol. The molecule has 0 unspecified atom stereocenters. The average Bonchev–Trinajstić information content (AvgIpc) is 3.23. The van der Waals surface area contributed by atoms with Crippen molar-refractivity contribution in [3.8, 4) is 17.4 Å². The second-order valence-electron chi connectivity index (χ2n) is 9.24. The zero-order chi connectivity index (χ0) is 22.6. The van der Waals surface area contributed by atoms with Gasteiger partial charge in [-0.3, -0.25) is 0 Å². The molecule has 0 bridgehead atoms. The fourth-order valence-electron chi connectivity index (χ4n) is 4.90. The molecule has 1 aromatic heterocycles. The van der Waals surface area contributed by atoms with Gasteiger partial charge in [-0.05, 0) is 35.1 Å². The minimum absolute atomic E-state index is 0. The maximum absolute atomic E-state index is 10.1. The molecule has 6 heteroatoms. The number of aromatic hydroxyl groups is 1. The number of nitrogens with zero attached hydrogens (tertiary/aromatic N) is 2. The second kappa shape index (κ2) is 8.87. The number of pyridine rings is 1. The van der Waals surface area contributed by atoms with Gasteiger partial charge in [-0.2, -0.15) is 11.8 Å². The molecule has 34 heavy (non-hydrogen) atoms. The number of phenolic OH excluding ortho intramolecular Hbond substituents is 1. The average molecular weight is 647 g/mol. The Morgan fingerprint density at radius 2 is 1.82 bits per heavy atom. The fraction of sp³-hybridized carbons (Fsp3) is 0.214. The van der Waals surface area contributed by atoms with E-state index in [1.54, 1.807) is 18.2 Å². The molecule has 6 rings (SSSR count). The van der Waals surface area contributed by atoms with Crippen LogP contribution in [0.1, 0.15) is 43.0 Å². The topological polar surface area (TPSA) is 54.7 Å². The molecular formula is C28H23N2O2PtS-. The summed E-state index contributed by atoms with van der Waals surface area (Å²) in [6.07, 6.45) is 1.09. The first-order valence-electron chi connectivity index (χ1n) is 11.1. The second-order valence-corrected chi connectivity index (χ2v) is 10.5. The SMILES string of the molecule is CC1(C)C[C@@H]2SC(c3[c-]c(Oc4ccc5cccc(O)c5n4)ccc3)=N[C@H]2c2ccccc21.[Pt]. The molecule has 3 aromatic carbocycles. The molecule has 1 aliphatic heterocycles. The Kier molecular flexibility index (Phi) is 6.03. The number of aliphatic imine (C=N–C) groups is 1. The molecule has 4 aromatic rings. The Labute approximate surface area is 217 Å². The minimum Gasteiger partial charge on any atom is -0.506 e. The number of fused-ring (bicyclic) bond motifs is 4. The van der Waals surface area contributed by atoms with Crippen LogP contribution in [-0.4, -0.2) is 20.4 Å². The van der Waals surface area contributed by atoms with Crippen LogP contribution < -0.4 is 4.74 Å². The molecule has 0 radical (unpaired) electrons. The molecule has 174 valence electrons. The van der Waals surface area contributed by atoms with Crippen molar-refractivity contribution in [2.45, 2.75) is 37.0 Å². The van der Waals surface area contributed by atoms with E-state index in [4.69, 9.17) is 9.73 Å². The molecule has 2 heterocycles. The van der Waals surface area contributed by atoms with Gasteiger partial charge in [0.2, 0.25) is 5.88 Å². The summed E-state index contributed by atoms with van der Waals surface area (Å²) in [7, 11) is 0. The predicted octanol–water partition coefficient (Wildman–Crippen LogP) is 6.81. The summed E-state index contributed by atoms with van der Waals surface area (Å²) in [5.41, 5.74) is 4.34. The molecule has 0 fully saturated rings. The van der Waals surface area contributed by atoms with Crippen molar-refractivity contribution in [3.63, 3.8) is 0 Å². The summed E-state index contributed by atoms with van der Waals surface area (Å²) in [4.78, 5) is 9.60. The van der Waals surface area contributed by atoms with Crippen LogP contribution in [0.3, 0.4) is 0 Å². The summed E-state index contributed by atoms with van der Waals surface area (Å²) in [5.74, 6) is 1.13. The van der Waals surface area contributed by atoms with Crippen molar-refractivity contribution < 1.29 is 30.9 Å². The van der Waals surface area contributed by atoms with Gasteiger partial charge in [0.1, 0.15) is 11.3 Å². The van der Waals surface area contributed by atoms with Crippen molar-refractivity contribution >= 4 is 27.7 Å². The van der Waals surface area contributed by atoms with Gasteiger partial charge in [0.05, 0.1) is 6.04 Å². The molecule has 2 aliphatic rings. The van der Waals surface area contributed by atoms with Gasteiger partial charge in [-0.1, -0.05) is 56.3 Å². The predicted molar refractivity (Wildman–Crippen MR) is 134 cm³/mol. The number of para-hydroxylation sites is 1. The van der Waals surface area contributed by atoms with E-state index in [1.807, 2.05) is 42.1 Å². The van der Waals surface area contributed by atoms with E-state index in [9.17, 15) is 5.11 Å². The van der Waals surface area contributed by atoms with Crippen molar-refractivity contribution in [1.29, 1.82) is 0 Å². The maximum Gasteiger partial charge on any atom is 0.217 e. The van der Waals surface area contributed by atoms with Crippen LogP contribution in [0.25, 0.3) is 10.9 Å². The number of benzene rings is 3. The van der Waals surface area contributed by atoms with Gasteiger partial charge in [-0.25, -0.2) is 4.98 Å². The van der Waals surface area contributed by atoms with E-state index < -0.39 is 0 Å². The number of aromatic nitrogens is 1. The zero-order valence-electron chi connectivity index (χ0n) is 18.8. The zero-order valence-corrected chi connectivity index (χ0v) is 21.9. The maximum atomic E-state index is 10.1. The molecule has 1 aliphatic carbocycles.